The first-order chi connectivity index (χ1) is 14.7. The second-order valence-corrected chi connectivity index (χ2v) is 9.21. The zero-order valence-electron chi connectivity index (χ0n) is 16.7. The van der Waals surface area contributed by atoms with E-state index in [2.05, 4.69) is 20.3 Å². The fraction of sp³-hybridized carbons (Fsp3) is 0.238. The molecule has 3 aromatic rings. The highest BCUT2D eigenvalue weighted by molar-refractivity contribution is 7.88. The monoisotopic (exact) mass is 464 g/mol. The first kappa shape index (κ1) is 22.9. The zero-order valence-corrected chi connectivity index (χ0v) is 18.3. The molecule has 1 atom stereocenters. The lowest BCUT2D eigenvalue weighted by Gasteiger charge is -2.18. The minimum Gasteiger partial charge on any atom is -0.383 e. The summed E-state index contributed by atoms with van der Waals surface area (Å²) in [5, 5.41) is 7.51. The molecule has 0 radical (unpaired) electrons. The van der Waals surface area contributed by atoms with Gasteiger partial charge in [0.1, 0.15) is 5.82 Å². The highest BCUT2D eigenvalue weighted by atomic mass is 35.5. The topological polar surface area (TPSA) is 100 Å². The van der Waals surface area contributed by atoms with Crippen LogP contribution in [0, 0.1) is 5.82 Å². The summed E-state index contributed by atoms with van der Waals surface area (Å²) >= 11 is 6.00. The molecule has 0 saturated carbocycles. The average molecular weight is 465 g/mol. The van der Waals surface area contributed by atoms with E-state index in [0.29, 0.717) is 23.7 Å². The lowest BCUT2D eigenvalue weighted by Crippen LogP contribution is -2.35. The molecule has 0 saturated heterocycles. The Bertz CT molecular complexity index is 1170. The van der Waals surface area contributed by atoms with Crippen molar-refractivity contribution in [3.05, 3.63) is 71.1 Å². The Labute approximate surface area is 185 Å². The number of fused-ring (bicyclic) bond motifs is 1. The molecule has 0 unspecified atom stereocenters. The molecule has 1 heterocycles. The Hall–Kier alpha value is -2.75. The smallest absolute Gasteiger partial charge is 0.222 e. The van der Waals surface area contributed by atoms with Crippen molar-refractivity contribution >= 4 is 44.1 Å². The number of anilines is 1. The summed E-state index contributed by atoms with van der Waals surface area (Å²) in [6.45, 7) is 0.777. The van der Waals surface area contributed by atoms with Crippen molar-refractivity contribution in [2.75, 3.05) is 24.7 Å². The minimum absolute atomic E-state index is 0.116. The molecule has 31 heavy (non-hydrogen) atoms. The summed E-state index contributed by atoms with van der Waals surface area (Å²) in [5.74, 6) is -0.776. The van der Waals surface area contributed by atoms with Crippen molar-refractivity contribution in [3.8, 4) is 0 Å². The molecule has 1 aromatic heterocycles. The largest absolute Gasteiger partial charge is 0.383 e. The van der Waals surface area contributed by atoms with Gasteiger partial charge in [0.2, 0.25) is 15.9 Å². The number of nitrogens with zero attached hydrogens (tertiary/aromatic N) is 1. The number of pyridine rings is 1. The van der Waals surface area contributed by atoms with Gasteiger partial charge in [-0.25, -0.2) is 17.5 Å². The van der Waals surface area contributed by atoms with Crippen LogP contribution in [0.2, 0.25) is 5.02 Å². The van der Waals surface area contributed by atoms with Crippen molar-refractivity contribution in [1.29, 1.82) is 0 Å². The molecule has 0 bridgehead atoms. The first-order valence-corrected chi connectivity index (χ1v) is 11.8. The van der Waals surface area contributed by atoms with E-state index in [1.165, 1.54) is 24.3 Å². The van der Waals surface area contributed by atoms with Crippen LogP contribution < -0.4 is 15.4 Å². The number of rotatable bonds is 9. The molecule has 1 amide bonds. The average Bonchev–Trinajstić information content (AvgIpc) is 2.70. The van der Waals surface area contributed by atoms with E-state index in [4.69, 9.17) is 11.6 Å². The van der Waals surface area contributed by atoms with Gasteiger partial charge in [0.25, 0.3) is 0 Å². The molecule has 10 heteroatoms. The van der Waals surface area contributed by atoms with Crippen LogP contribution in [-0.4, -0.2) is 38.7 Å². The predicted octanol–water partition coefficient (Wildman–Crippen LogP) is 3.24. The summed E-state index contributed by atoms with van der Waals surface area (Å²) in [4.78, 5) is 16.6. The Morgan fingerprint density at radius 3 is 2.58 bits per heavy atom. The zero-order chi connectivity index (χ0) is 22.4. The maximum Gasteiger partial charge on any atom is 0.222 e. The Kier molecular flexibility index (Phi) is 7.42. The summed E-state index contributed by atoms with van der Waals surface area (Å²) in [6.07, 6.45) is 2.57. The van der Waals surface area contributed by atoms with Crippen molar-refractivity contribution in [3.63, 3.8) is 0 Å². The number of hydrogen-bond acceptors (Lipinski definition) is 5. The summed E-state index contributed by atoms with van der Waals surface area (Å²) < 4.78 is 38.9. The van der Waals surface area contributed by atoms with Gasteiger partial charge in [0.05, 0.1) is 17.8 Å². The molecule has 3 rings (SSSR count). The minimum atomic E-state index is -3.56. The second-order valence-electron chi connectivity index (χ2n) is 6.99. The Morgan fingerprint density at radius 1 is 1.13 bits per heavy atom. The van der Waals surface area contributed by atoms with E-state index >= 15 is 0 Å². The van der Waals surface area contributed by atoms with Gasteiger partial charge < -0.3 is 10.6 Å². The Morgan fingerprint density at radius 2 is 1.87 bits per heavy atom. The van der Waals surface area contributed by atoms with Crippen LogP contribution in [-0.2, 0) is 14.8 Å². The standard InChI is InChI=1S/C21H22ClFN4O3S/c1-31(29,30)27-19(14-2-5-16(23)6-3-14)13-21(28)26-11-10-25-18-8-9-24-20-12-15(22)4-7-17(18)20/h2-9,12,19,27H,10-11,13H2,1H3,(H,24,25)(H,26,28)/t19-/m0/s1. The number of hydrogen-bond donors (Lipinski definition) is 3. The van der Waals surface area contributed by atoms with Crippen LogP contribution in [0.3, 0.4) is 0 Å². The van der Waals surface area contributed by atoms with Gasteiger partial charge in [0, 0.05) is 41.8 Å². The van der Waals surface area contributed by atoms with E-state index in [-0.39, 0.29) is 12.3 Å². The van der Waals surface area contributed by atoms with Gasteiger partial charge in [-0.15, -0.1) is 0 Å². The molecule has 2 aromatic carbocycles. The van der Waals surface area contributed by atoms with E-state index in [0.717, 1.165) is 22.8 Å². The normalized spacial score (nSPS) is 12.5. The van der Waals surface area contributed by atoms with Gasteiger partial charge in [-0.05, 0) is 42.0 Å². The SMILES string of the molecule is CS(=O)(=O)N[C@@H](CC(=O)NCCNc1ccnc2cc(Cl)ccc12)c1ccc(F)cc1. The number of halogens is 2. The third-order valence-corrected chi connectivity index (χ3v) is 5.43. The van der Waals surface area contributed by atoms with Crippen LogP contribution in [0.1, 0.15) is 18.0 Å². The fourth-order valence-electron chi connectivity index (χ4n) is 3.11. The molecular formula is C21H22ClFN4O3S. The van der Waals surface area contributed by atoms with E-state index in [1.807, 2.05) is 12.1 Å². The maximum atomic E-state index is 13.2. The summed E-state index contributed by atoms with van der Waals surface area (Å²) in [6, 6.07) is 11.8. The number of aromatic nitrogens is 1. The van der Waals surface area contributed by atoms with E-state index in [1.54, 1.807) is 18.3 Å². The highest BCUT2D eigenvalue weighted by Crippen LogP contribution is 2.24. The Balaban J connectivity index is 1.56. The van der Waals surface area contributed by atoms with Crippen LogP contribution >= 0.6 is 11.6 Å². The maximum absolute atomic E-state index is 13.2. The third-order valence-electron chi connectivity index (χ3n) is 4.49. The molecule has 164 valence electrons. The number of nitrogens with one attached hydrogen (secondary N) is 3. The molecule has 0 aliphatic heterocycles. The van der Waals surface area contributed by atoms with Crippen LogP contribution in [0.5, 0.6) is 0 Å². The van der Waals surface area contributed by atoms with Crippen molar-refractivity contribution in [2.45, 2.75) is 12.5 Å². The number of sulfonamides is 1. The van der Waals surface area contributed by atoms with Crippen molar-refractivity contribution < 1.29 is 17.6 Å². The molecule has 0 aliphatic rings. The quantitative estimate of drug-likeness (QED) is 0.422. The second kappa shape index (κ2) is 10.0. The van der Waals surface area contributed by atoms with Crippen LogP contribution in [0.25, 0.3) is 10.9 Å². The van der Waals surface area contributed by atoms with Gasteiger partial charge in [0.15, 0.2) is 0 Å². The molecule has 3 N–H and O–H groups in total. The number of amides is 1. The predicted molar refractivity (Wildman–Crippen MR) is 120 cm³/mol. The third kappa shape index (κ3) is 6.88. The van der Waals surface area contributed by atoms with E-state index < -0.39 is 21.9 Å². The highest BCUT2D eigenvalue weighted by Gasteiger charge is 2.19. The molecule has 0 fully saturated rings. The summed E-state index contributed by atoms with van der Waals surface area (Å²) in [5.41, 5.74) is 2.12. The number of benzene rings is 2. The van der Waals surface area contributed by atoms with Gasteiger partial charge in [-0.2, -0.15) is 0 Å². The summed E-state index contributed by atoms with van der Waals surface area (Å²) in [7, 11) is -3.56. The number of carbonyl (C=O) groups is 1. The fourth-order valence-corrected chi connectivity index (χ4v) is 4.02. The van der Waals surface area contributed by atoms with Crippen LogP contribution in [0.4, 0.5) is 10.1 Å². The molecule has 0 spiro atoms. The van der Waals surface area contributed by atoms with Crippen molar-refractivity contribution in [2.24, 2.45) is 0 Å². The van der Waals surface area contributed by atoms with Crippen LogP contribution in [0.15, 0.2) is 54.7 Å². The van der Waals surface area contributed by atoms with Gasteiger partial charge >= 0.3 is 0 Å². The lowest BCUT2D eigenvalue weighted by molar-refractivity contribution is -0.121. The molecule has 7 nitrogen and oxygen atoms in total. The number of carbonyl (C=O) groups excluding carboxylic acids is 1. The van der Waals surface area contributed by atoms with E-state index in [9.17, 15) is 17.6 Å². The molecule has 0 aliphatic carbocycles. The first-order valence-electron chi connectivity index (χ1n) is 9.49. The molecular weight excluding hydrogens is 443 g/mol. The van der Waals surface area contributed by atoms with Crippen molar-refractivity contribution in [1.82, 2.24) is 15.0 Å². The van der Waals surface area contributed by atoms with Gasteiger partial charge in [-0.1, -0.05) is 23.7 Å². The van der Waals surface area contributed by atoms with Gasteiger partial charge in [-0.3, -0.25) is 9.78 Å². The lowest BCUT2D eigenvalue weighted by atomic mass is 10.0.